The number of hydrogen-bond donors (Lipinski definition) is 1. The topological polar surface area (TPSA) is 75.9 Å². The van der Waals surface area contributed by atoms with Crippen molar-refractivity contribution >= 4 is 5.91 Å². The maximum atomic E-state index is 13.2. The minimum atomic E-state index is -0.0957. The molecule has 29 heavy (non-hydrogen) atoms. The second-order valence-corrected chi connectivity index (χ2v) is 8.63. The highest BCUT2D eigenvalue weighted by Gasteiger charge is 2.30. The van der Waals surface area contributed by atoms with Crippen molar-refractivity contribution in [3.8, 4) is 0 Å². The van der Waals surface area contributed by atoms with E-state index in [9.17, 15) is 4.79 Å². The van der Waals surface area contributed by atoms with Crippen LogP contribution in [-0.2, 0) is 24.3 Å². The lowest BCUT2D eigenvalue weighted by Gasteiger charge is -2.34. The zero-order chi connectivity index (χ0) is 20.5. The highest BCUT2D eigenvalue weighted by Crippen LogP contribution is 2.27. The first-order valence-corrected chi connectivity index (χ1v) is 10.8. The summed E-state index contributed by atoms with van der Waals surface area (Å²) in [6, 6.07) is 0. The second kappa shape index (κ2) is 8.22. The molecule has 0 unspecified atom stereocenters. The summed E-state index contributed by atoms with van der Waals surface area (Å²) >= 11 is 0. The zero-order valence-electron chi connectivity index (χ0n) is 18.0. The Bertz CT molecular complexity index is 905. The average Bonchev–Trinajstić information content (AvgIpc) is 2.99. The molecule has 0 radical (unpaired) electrons. The molecule has 2 aromatic heterocycles. The van der Waals surface area contributed by atoms with Crippen LogP contribution < -0.4 is 5.32 Å². The summed E-state index contributed by atoms with van der Waals surface area (Å²) in [6.45, 7) is 12.2. The van der Waals surface area contributed by atoms with Gasteiger partial charge in [-0.1, -0.05) is 6.92 Å². The number of carbonyl (C=O) groups is 1. The van der Waals surface area contributed by atoms with Crippen LogP contribution in [0.3, 0.4) is 0 Å². The number of aryl methyl sites for hydroxylation is 1. The van der Waals surface area contributed by atoms with E-state index >= 15 is 0 Å². The molecule has 1 saturated heterocycles. The molecule has 0 aromatic carbocycles. The van der Waals surface area contributed by atoms with Crippen LogP contribution in [0.5, 0.6) is 0 Å². The third-order valence-corrected chi connectivity index (χ3v) is 6.54. The van der Waals surface area contributed by atoms with Crippen LogP contribution in [0.2, 0.25) is 0 Å². The van der Waals surface area contributed by atoms with Crippen molar-refractivity contribution in [2.24, 2.45) is 5.92 Å². The molecule has 1 fully saturated rings. The molecule has 1 N–H and O–H groups in total. The number of aromatic nitrogens is 4. The summed E-state index contributed by atoms with van der Waals surface area (Å²) in [5.74, 6) is 1.25. The van der Waals surface area contributed by atoms with Gasteiger partial charge in [0.1, 0.15) is 5.82 Å². The smallest absolute Gasteiger partial charge is 0.227 e. The molecule has 2 aliphatic rings. The summed E-state index contributed by atoms with van der Waals surface area (Å²) in [5, 5.41) is 7.96. The average molecular weight is 397 g/mol. The molecular formula is C22H32N6O. The molecular weight excluding hydrogens is 364 g/mol. The molecule has 156 valence electrons. The normalized spacial score (nSPS) is 20.4. The maximum absolute atomic E-state index is 13.2. The van der Waals surface area contributed by atoms with Gasteiger partial charge in [0.25, 0.3) is 0 Å². The number of fused-ring (bicyclic) bond motifs is 1. The summed E-state index contributed by atoms with van der Waals surface area (Å²) in [7, 11) is 0. The number of likely N-dealkylation sites (tertiary alicyclic amines) is 1. The lowest BCUT2D eigenvalue weighted by Crippen LogP contribution is -2.43. The van der Waals surface area contributed by atoms with Gasteiger partial charge < -0.3 is 10.2 Å². The number of nitrogens with zero attached hydrogens (tertiary/aromatic N) is 5. The van der Waals surface area contributed by atoms with Crippen LogP contribution in [-0.4, -0.2) is 50.2 Å². The van der Waals surface area contributed by atoms with Gasteiger partial charge in [0.05, 0.1) is 18.2 Å². The van der Waals surface area contributed by atoms with Crippen molar-refractivity contribution in [3.63, 3.8) is 0 Å². The highest BCUT2D eigenvalue weighted by molar-refractivity contribution is 5.78. The van der Waals surface area contributed by atoms with Crippen molar-refractivity contribution in [2.45, 2.75) is 66.0 Å². The van der Waals surface area contributed by atoms with Gasteiger partial charge in [-0.2, -0.15) is 5.10 Å². The molecule has 7 heteroatoms. The fourth-order valence-electron chi connectivity index (χ4n) is 4.45. The van der Waals surface area contributed by atoms with Crippen molar-refractivity contribution in [1.29, 1.82) is 0 Å². The van der Waals surface area contributed by atoms with Crippen molar-refractivity contribution < 1.29 is 4.79 Å². The molecule has 2 aromatic rings. The second-order valence-electron chi connectivity index (χ2n) is 8.63. The molecule has 4 rings (SSSR count). The molecule has 4 heterocycles. The van der Waals surface area contributed by atoms with Gasteiger partial charge in [0.15, 0.2) is 0 Å². The van der Waals surface area contributed by atoms with E-state index in [1.165, 1.54) is 16.8 Å². The Kier molecular flexibility index (Phi) is 5.67. The van der Waals surface area contributed by atoms with Gasteiger partial charge in [-0.3, -0.25) is 9.48 Å². The Hall–Kier alpha value is -2.28. The van der Waals surface area contributed by atoms with E-state index in [0.29, 0.717) is 6.54 Å². The number of hydrogen-bond acceptors (Lipinski definition) is 5. The van der Waals surface area contributed by atoms with E-state index in [2.05, 4.69) is 29.2 Å². The van der Waals surface area contributed by atoms with E-state index in [1.54, 1.807) is 0 Å². The van der Waals surface area contributed by atoms with Crippen LogP contribution in [0.15, 0.2) is 6.20 Å². The Labute approximate surface area is 172 Å². The monoisotopic (exact) mass is 396 g/mol. The third-order valence-electron chi connectivity index (χ3n) is 6.54. The number of amides is 1. The lowest BCUT2D eigenvalue weighted by atomic mass is 9.95. The molecule has 0 spiro atoms. The van der Waals surface area contributed by atoms with Gasteiger partial charge in [-0.05, 0) is 39.2 Å². The Morgan fingerprint density at radius 2 is 2.17 bits per heavy atom. The number of carbonyl (C=O) groups excluding carboxylic acids is 1. The quantitative estimate of drug-likeness (QED) is 0.858. The SMILES string of the molecule is Cc1nn(C[C@@H](C)C(=O)N2CCC[C@@H](c3ncc4c(n3)CCNC4)C2)c(C)c1C. The van der Waals surface area contributed by atoms with E-state index in [0.717, 1.165) is 62.7 Å². The van der Waals surface area contributed by atoms with E-state index in [4.69, 9.17) is 4.98 Å². The van der Waals surface area contributed by atoms with E-state index in [1.807, 2.05) is 29.6 Å². The van der Waals surface area contributed by atoms with Crippen LogP contribution in [0, 0.1) is 26.7 Å². The largest absolute Gasteiger partial charge is 0.342 e. The Morgan fingerprint density at radius 3 is 2.93 bits per heavy atom. The minimum absolute atomic E-state index is 0.0957. The van der Waals surface area contributed by atoms with Crippen LogP contribution >= 0.6 is 0 Å². The number of rotatable bonds is 4. The van der Waals surface area contributed by atoms with Crippen LogP contribution in [0.4, 0.5) is 0 Å². The summed E-state index contributed by atoms with van der Waals surface area (Å²) < 4.78 is 1.98. The van der Waals surface area contributed by atoms with Crippen molar-refractivity contribution in [3.05, 3.63) is 40.2 Å². The molecule has 0 saturated carbocycles. The summed E-state index contributed by atoms with van der Waals surface area (Å²) in [4.78, 5) is 24.7. The standard InChI is InChI=1S/C22H32N6O/c1-14(12-28-17(4)15(2)16(3)26-28)22(29)27-9-5-6-18(13-27)21-24-11-19-10-23-8-7-20(19)25-21/h11,14,18,23H,5-10,12-13H2,1-4H3/t14-,18-/m1/s1. The van der Waals surface area contributed by atoms with Gasteiger partial charge in [-0.25, -0.2) is 9.97 Å². The van der Waals surface area contributed by atoms with E-state index in [-0.39, 0.29) is 17.7 Å². The van der Waals surface area contributed by atoms with Crippen molar-refractivity contribution in [1.82, 2.24) is 30.0 Å². The van der Waals surface area contributed by atoms with Gasteiger partial charge in [0, 0.05) is 61.7 Å². The molecule has 7 nitrogen and oxygen atoms in total. The highest BCUT2D eigenvalue weighted by atomic mass is 16.2. The molecule has 1 amide bonds. The minimum Gasteiger partial charge on any atom is -0.342 e. The zero-order valence-corrected chi connectivity index (χ0v) is 18.0. The molecule has 2 atom stereocenters. The summed E-state index contributed by atoms with van der Waals surface area (Å²) in [5.41, 5.74) is 5.78. The fourth-order valence-corrected chi connectivity index (χ4v) is 4.45. The van der Waals surface area contributed by atoms with Crippen LogP contribution in [0.1, 0.15) is 59.7 Å². The molecule has 2 aliphatic heterocycles. The number of piperidine rings is 1. The third kappa shape index (κ3) is 4.06. The maximum Gasteiger partial charge on any atom is 0.227 e. The Balaban J connectivity index is 1.43. The predicted molar refractivity (Wildman–Crippen MR) is 112 cm³/mol. The van der Waals surface area contributed by atoms with E-state index < -0.39 is 0 Å². The van der Waals surface area contributed by atoms with Gasteiger partial charge >= 0.3 is 0 Å². The molecule has 0 bridgehead atoms. The first-order valence-electron chi connectivity index (χ1n) is 10.8. The predicted octanol–water partition coefficient (Wildman–Crippen LogP) is 2.29. The first-order chi connectivity index (χ1) is 13.9. The van der Waals surface area contributed by atoms with Crippen molar-refractivity contribution in [2.75, 3.05) is 19.6 Å². The lowest BCUT2D eigenvalue weighted by molar-refractivity contribution is -0.136. The van der Waals surface area contributed by atoms with Crippen LogP contribution in [0.25, 0.3) is 0 Å². The molecule has 0 aliphatic carbocycles. The summed E-state index contributed by atoms with van der Waals surface area (Å²) in [6.07, 6.45) is 4.98. The van der Waals surface area contributed by atoms with Gasteiger partial charge in [-0.15, -0.1) is 0 Å². The fraction of sp³-hybridized carbons (Fsp3) is 0.636. The Morgan fingerprint density at radius 1 is 1.34 bits per heavy atom. The van der Waals surface area contributed by atoms with Gasteiger partial charge in [0.2, 0.25) is 5.91 Å². The first kappa shape index (κ1) is 20.0. The number of nitrogens with one attached hydrogen (secondary N) is 1.